The van der Waals surface area contributed by atoms with Crippen molar-refractivity contribution in [1.29, 1.82) is 5.26 Å². The molecule has 0 saturated carbocycles. The number of pyridine rings is 1. The van der Waals surface area contributed by atoms with Gasteiger partial charge in [-0.2, -0.15) is 5.26 Å². The Morgan fingerprint density at radius 2 is 1.75 bits per heavy atom. The lowest BCUT2D eigenvalue weighted by Gasteiger charge is -2.15. The summed E-state index contributed by atoms with van der Waals surface area (Å²) < 4.78 is 1.97. The van der Waals surface area contributed by atoms with Gasteiger partial charge in [-0.1, -0.05) is 33.6 Å². The van der Waals surface area contributed by atoms with Crippen LogP contribution in [0.5, 0.6) is 5.75 Å². The van der Waals surface area contributed by atoms with E-state index in [2.05, 4.69) is 15.9 Å². The zero-order chi connectivity index (χ0) is 20.6. The molecule has 6 heteroatoms. The van der Waals surface area contributed by atoms with Gasteiger partial charge in [-0.05, 0) is 56.2 Å². The number of aryl methyl sites for hydroxylation is 3. The van der Waals surface area contributed by atoms with Gasteiger partial charge in [0.2, 0.25) is 0 Å². The van der Waals surface area contributed by atoms with Crippen molar-refractivity contribution in [3.8, 4) is 17.5 Å². The molecule has 0 aliphatic heterocycles. The van der Waals surface area contributed by atoms with E-state index in [0.29, 0.717) is 10.2 Å². The molecule has 1 heterocycles. The van der Waals surface area contributed by atoms with E-state index in [1.807, 2.05) is 39.0 Å². The quantitative estimate of drug-likeness (QED) is 0.619. The molecule has 3 rings (SSSR count). The minimum absolute atomic E-state index is 0.0841. The third kappa shape index (κ3) is 3.49. The van der Waals surface area contributed by atoms with Crippen LogP contribution in [0.15, 0.2) is 51.9 Å². The number of nitriles is 1. The number of ketones is 1. The first-order chi connectivity index (χ1) is 13.2. The van der Waals surface area contributed by atoms with Crippen LogP contribution in [0.3, 0.4) is 0 Å². The Morgan fingerprint density at radius 1 is 1.11 bits per heavy atom. The fraction of sp³-hybridized carbons (Fsp3) is 0.136. The van der Waals surface area contributed by atoms with Crippen molar-refractivity contribution >= 4 is 21.7 Å². The molecule has 0 spiro atoms. The number of benzene rings is 2. The molecule has 3 aromatic rings. The lowest BCUT2D eigenvalue weighted by atomic mass is 10.0. The molecular weight excluding hydrogens is 420 g/mol. The molecule has 1 N–H and O–H groups in total. The van der Waals surface area contributed by atoms with Crippen LogP contribution in [0.2, 0.25) is 0 Å². The number of aromatic nitrogens is 1. The fourth-order valence-electron chi connectivity index (χ4n) is 3.35. The first kappa shape index (κ1) is 19.6. The third-order valence-corrected chi connectivity index (χ3v) is 4.97. The van der Waals surface area contributed by atoms with Crippen LogP contribution in [-0.2, 0) is 0 Å². The first-order valence-corrected chi connectivity index (χ1v) is 9.30. The molecule has 0 bridgehead atoms. The topological polar surface area (TPSA) is 83.1 Å². The van der Waals surface area contributed by atoms with Crippen molar-refractivity contribution in [2.24, 2.45) is 0 Å². The van der Waals surface area contributed by atoms with Crippen LogP contribution in [-0.4, -0.2) is 15.5 Å². The summed E-state index contributed by atoms with van der Waals surface area (Å²) in [7, 11) is 0. The molecule has 0 atom stereocenters. The summed E-state index contributed by atoms with van der Waals surface area (Å²) >= 11 is 3.28. The minimum atomic E-state index is -0.493. The standard InChI is InChI=1S/C22H17BrN2O3/c1-12-6-13(2)20(14(3)7-12)25-11-16(8-15(10-24)22(25)28)21(27)18-9-17(23)4-5-19(18)26/h4-9,11,26H,1-3H3. The maximum absolute atomic E-state index is 13.0. The van der Waals surface area contributed by atoms with E-state index in [0.717, 1.165) is 16.7 Å². The van der Waals surface area contributed by atoms with Gasteiger partial charge in [0.05, 0.1) is 11.3 Å². The Bertz CT molecular complexity index is 1200. The second-order valence-electron chi connectivity index (χ2n) is 6.67. The zero-order valence-electron chi connectivity index (χ0n) is 15.6. The van der Waals surface area contributed by atoms with Crippen LogP contribution >= 0.6 is 15.9 Å². The third-order valence-electron chi connectivity index (χ3n) is 4.48. The van der Waals surface area contributed by atoms with Crippen molar-refractivity contribution in [3.05, 3.63) is 90.8 Å². The molecule has 0 fully saturated rings. The van der Waals surface area contributed by atoms with Crippen LogP contribution in [0, 0.1) is 32.1 Å². The Hall–Kier alpha value is -3.17. The summed E-state index contributed by atoms with van der Waals surface area (Å²) in [4.78, 5) is 25.8. The summed E-state index contributed by atoms with van der Waals surface area (Å²) in [6.45, 7) is 5.72. The lowest BCUT2D eigenvalue weighted by Crippen LogP contribution is -2.24. The van der Waals surface area contributed by atoms with Crippen LogP contribution in [0.1, 0.15) is 38.2 Å². The molecule has 2 aromatic carbocycles. The highest BCUT2D eigenvalue weighted by Gasteiger charge is 2.19. The average Bonchev–Trinajstić information content (AvgIpc) is 2.63. The highest BCUT2D eigenvalue weighted by Crippen LogP contribution is 2.26. The molecule has 1 aromatic heterocycles. The second-order valence-corrected chi connectivity index (χ2v) is 7.58. The summed E-state index contributed by atoms with van der Waals surface area (Å²) in [6.07, 6.45) is 1.43. The Labute approximate surface area is 170 Å². The number of halogens is 1. The first-order valence-electron chi connectivity index (χ1n) is 8.51. The molecule has 5 nitrogen and oxygen atoms in total. The van der Waals surface area contributed by atoms with Crippen molar-refractivity contribution in [1.82, 2.24) is 4.57 Å². The predicted molar refractivity (Wildman–Crippen MR) is 110 cm³/mol. The molecular formula is C22H17BrN2O3. The van der Waals surface area contributed by atoms with Crippen molar-refractivity contribution in [2.75, 3.05) is 0 Å². The van der Waals surface area contributed by atoms with E-state index in [4.69, 9.17) is 0 Å². The second kappa shape index (κ2) is 7.45. The van der Waals surface area contributed by atoms with Crippen molar-refractivity contribution in [2.45, 2.75) is 20.8 Å². The van der Waals surface area contributed by atoms with Gasteiger partial charge in [0.15, 0.2) is 5.78 Å². The fourth-order valence-corrected chi connectivity index (χ4v) is 3.71. The molecule has 0 aliphatic carbocycles. The van der Waals surface area contributed by atoms with Crippen LogP contribution in [0.4, 0.5) is 0 Å². The van der Waals surface area contributed by atoms with E-state index in [-0.39, 0.29) is 22.4 Å². The van der Waals surface area contributed by atoms with Gasteiger partial charge in [0.25, 0.3) is 5.56 Å². The highest BCUT2D eigenvalue weighted by molar-refractivity contribution is 9.10. The smallest absolute Gasteiger partial charge is 0.273 e. The largest absolute Gasteiger partial charge is 0.507 e. The van der Waals surface area contributed by atoms with Gasteiger partial charge in [0.1, 0.15) is 17.4 Å². The summed E-state index contributed by atoms with van der Waals surface area (Å²) in [5, 5.41) is 19.5. The number of hydrogen-bond donors (Lipinski definition) is 1. The molecule has 140 valence electrons. The van der Waals surface area contributed by atoms with Gasteiger partial charge < -0.3 is 5.11 Å². The van der Waals surface area contributed by atoms with Gasteiger partial charge in [-0.15, -0.1) is 0 Å². The van der Waals surface area contributed by atoms with Crippen molar-refractivity contribution < 1.29 is 9.90 Å². The molecule has 0 aliphatic rings. The number of hydrogen-bond acceptors (Lipinski definition) is 4. The van der Waals surface area contributed by atoms with Crippen LogP contribution in [0.25, 0.3) is 5.69 Å². The lowest BCUT2D eigenvalue weighted by molar-refractivity contribution is 0.103. The molecule has 0 amide bonds. The molecule has 0 radical (unpaired) electrons. The van der Waals surface area contributed by atoms with Gasteiger partial charge in [0, 0.05) is 16.2 Å². The van der Waals surface area contributed by atoms with E-state index >= 15 is 0 Å². The number of carbonyl (C=O) groups excluding carboxylic acids is 1. The SMILES string of the molecule is Cc1cc(C)c(-n2cc(C(=O)c3cc(Br)ccc3O)cc(C#N)c2=O)c(C)c1. The minimum Gasteiger partial charge on any atom is -0.507 e. The Balaban J connectivity index is 2.28. The molecule has 0 unspecified atom stereocenters. The van der Waals surface area contributed by atoms with Gasteiger partial charge >= 0.3 is 0 Å². The summed E-state index contributed by atoms with van der Waals surface area (Å²) in [5.74, 6) is -0.654. The number of phenols is 1. The monoisotopic (exact) mass is 436 g/mol. The van der Waals surface area contributed by atoms with Gasteiger partial charge in [-0.3, -0.25) is 14.2 Å². The Morgan fingerprint density at radius 3 is 2.36 bits per heavy atom. The summed E-state index contributed by atoms with van der Waals surface area (Å²) in [6, 6.07) is 11.5. The number of nitrogens with zero attached hydrogens (tertiary/aromatic N) is 2. The van der Waals surface area contributed by atoms with E-state index in [1.54, 1.807) is 6.07 Å². The highest BCUT2D eigenvalue weighted by atomic mass is 79.9. The number of carbonyl (C=O) groups is 1. The summed E-state index contributed by atoms with van der Waals surface area (Å²) in [5.41, 5.74) is 3.01. The zero-order valence-corrected chi connectivity index (χ0v) is 17.2. The number of phenolic OH excluding ortho intramolecular Hbond substituents is 1. The average molecular weight is 437 g/mol. The number of rotatable bonds is 3. The van der Waals surface area contributed by atoms with E-state index < -0.39 is 11.3 Å². The molecule has 28 heavy (non-hydrogen) atoms. The predicted octanol–water partition coefficient (Wildman–Crippen LogP) is 4.33. The van der Waals surface area contributed by atoms with E-state index in [9.17, 15) is 20.0 Å². The van der Waals surface area contributed by atoms with Gasteiger partial charge in [-0.25, -0.2) is 0 Å². The van der Waals surface area contributed by atoms with Crippen LogP contribution < -0.4 is 5.56 Å². The number of aromatic hydroxyl groups is 1. The maximum Gasteiger partial charge on any atom is 0.273 e. The molecule has 0 saturated heterocycles. The maximum atomic E-state index is 13.0. The Kier molecular flexibility index (Phi) is 5.21. The normalized spacial score (nSPS) is 10.5. The van der Waals surface area contributed by atoms with Crippen molar-refractivity contribution in [3.63, 3.8) is 0 Å². The van der Waals surface area contributed by atoms with E-state index in [1.165, 1.54) is 29.0 Å².